The van der Waals surface area contributed by atoms with Crippen LogP contribution in [-0.2, 0) is 30.6 Å². The smallest absolute Gasteiger partial charge is 0.276 e. The summed E-state index contributed by atoms with van der Waals surface area (Å²) in [6.07, 6.45) is 5.11. The Bertz CT molecular complexity index is 1420. The van der Waals surface area contributed by atoms with E-state index in [-0.39, 0.29) is 40.6 Å². The van der Waals surface area contributed by atoms with E-state index < -0.39 is 35.1 Å². The molecule has 202 valence electrons. The number of amides is 4. The van der Waals surface area contributed by atoms with Gasteiger partial charge in [0.25, 0.3) is 11.8 Å². The molecule has 16 heteroatoms. The van der Waals surface area contributed by atoms with Crippen LogP contribution in [0.4, 0.5) is 5.13 Å². The number of hydrogen-bond acceptors (Lipinski definition) is 11. The van der Waals surface area contributed by atoms with Gasteiger partial charge in [-0.3, -0.25) is 24.1 Å². The largest absolute Gasteiger partial charge is 0.543 e. The Balaban J connectivity index is 1.32. The third kappa shape index (κ3) is 5.46. The van der Waals surface area contributed by atoms with Crippen molar-refractivity contribution in [2.75, 3.05) is 11.1 Å². The number of nitrogens with zero attached hydrogens (tertiary/aromatic N) is 4. The van der Waals surface area contributed by atoms with Crippen molar-refractivity contribution < 1.29 is 38.5 Å². The molecule has 1 saturated carbocycles. The van der Waals surface area contributed by atoms with E-state index in [0.717, 1.165) is 29.1 Å². The summed E-state index contributed by atoms with van der Waals surface area (Å²) in [6, 6.07) is 2.00. The second kappa shape index (κ2) is 10.8. The number of nitrogens with two attached hydrogens (primary N) is 1. The third-order valence-electron chi connectivity index (χ3n) is 6.04. The average molecular weight is 572 g/mol. The highest BCUT2D eigenvalue weighted by atomic mass is 32.2. The van der Waals surface area contributed by atoms with Crippen molar-refractivity contribution in [3.8, 4) is 0 Å². The van der Waals surface area contributed by atoms with Gasteiger partial charge in [0.1, 0.15) is 23.2 Å². The molecule has 39 heavy (non-hydrogen) atoms. The van der Waals surface area contributed by atoms with Crippen LogP contribution in [-0.4, -0.2) is 69.0 Å². The maximum Gasteiger partial charge on any atom is 0.276 e. The highest BCUT2D eigenvalue weighted by Crippen LogP contribution is 2.40. The van der Waals surface area contributed by atoms with Crippen molar-refractivity contribution in [3.05, 3.63) is 52.4 Å². The molecule has 0 radical (unpaired) electrons. The van der Waals surface area contributed by atoms with Crippen molar-refractivity contribution in [1.29, 1.82) is 0 Å². The molecule has 4 heterocycles. The van der Waals surface area contributed by atoms with Crippen LogP contribution < -0.4 is 26.0 Å². The molecule has 14 nitrogen and oxygen atoms in total. The number of thiazole rings is 1. The SMILES string of the molecule is NC(=O)c1cc[n+](CC2=C(C(=O)[O-])N3C(=O)[C@@H](NC(=O)C(=NOC4CC4)c4csc(NC=O)n4)[C@@H]3SC2)cc1. The van der Waals surface area contributed by atoms with Gasteiger partial charge in [0.15, 0.2) is 29.8 Å². The maximum atomic E-state index is 13.2. The fourth-order valence-electron chi connectivity index (χ4n) is 3.95. The number of aliphatic carboxylic acids is 1. The summed E-state index contributed by atoms with van der Waals surface area (Å²) >= 11 is 2.37. The number of carboxylic acid groups (broad SMARTS) is 1. The number of anilines is 1. The number of carbonyl (C=O) groups is 5. The Morgan fingerprint density at radius 1 is 1.31 bits per heavy atom. The summed E-state index contributed by atoms with van der Waals surface area (Å²) < 4.78 is 1.65. The molecular formula is C23H21N7O7S2. The standard InChI is InChI=1S/C23H21N7O7S2/c24-18(32)11-3-5-29(6-4-11)7-12-8-38-21-16(20(34)30(21)17(12)22(35)36)27-19(33)15(28-37-13-1-2-13)14-9-39-23(26-14)25-10-31/h3-6,9-10,13,16,21H,1-2,7-8H2,(H4-,24,25,26,27,31,32,33,35,36)/t16-,21+/m1/s1. The molecule has 0 aromatic carbocycles. The predicted octanol–water partition coefficient (Wildman–Crippen LogP) is -1.91. The first-order valence-electron chi connectivity index (χ1n) is 11.6. The van der Waals surface area contributed by atoms with Crippen LogP contribution in [0.2, 0.25) is 0 Å². The number of nitrogens with one attached hydrogen (secondary N) is 2. The van der Waals surface area contributed by atoms with Gasteiger partial charge in [0.2, 0.25) is 12.3 Å². The fourth-order valence-corrected chi connectivity index (χ4v) is 5.94. The molecule has 4 N–H and O–H groups in total. The zero-order chi connectivity index (χ0) is 27.7. The van der Waals surface area contributed by atoms with Crippen molar-refractivity contribution in [1.82, 2.24) is 15.2 Å². The number of oxime groups is 1. The highest BCUT2D eigenvalue weighted by molar-refractivity contribution is 8.00. The first kappa shape index (κ1) is 26.3. The lowest BCUT2D eigenvalue weighted by Gasteiger charge is -2.50. The Labute approximate surface area is 228 Å². The van der Waals surface area contributed by atoms with Crippen LogP contribution in [0.3, 0.4) is 0 Å². The molecule has 5 rings (SSSR count). The molecule has 4 amide bonds. The summed E-state index contributed by atoms with van der Waals surface area (Å²) in [5.74, 6) is -3.19. The van der Waals surface area contributed by atoms with E-state index in [1.807, 2.05) is 0 Å². The first-order valence-corrected chi connectivity index (χ1v) is 13.6. The summed E-state index contributed by atoms with van der Waals surface area (Å²) in [6.45, 7) is 0.138. The Morgan fingerprint density at radius 3 is 2.69 bits per heavy atom. The van der Waals surface area contributed by atoms with E-state index in [2.05, 4.69) is 20.8 Å². The number of hydrogen-bond donors (Lipinski definition) is 3. The van der Waals surface area contributed by atoms with Gasteiger partial charge in [-0.25, -0.2) is 9.55 Å². The molecule has 0 unspecified atom stereocenters. The van der Waals surface area contributed by atoms with Gasteiger partial charge in [-0.05, 0) is 12.8 Å². The molecule has 1 saturated heterocycles. The van der Waals surface area contributed by atoms with Gasteiger partial charge in [0, 0.05) is 28.8 Å². The van der Waals surface area contributed by atoms with E-state index in [4.69, 9.17) is 10.6 Å². The molecule has 2 aliphatic heterocycles. The number of rotatable bonds is 11. The van der Waals surface area contributed by atoms with Crippen LogP contribution in [0.15, 0.2) is 46.3 Å². The molecule has 2 aromatic rings. The average Bonchev–Trinajstić information content (AvgIpc) is 3.63. The summed E-state index contributed by atoms with van der Waals surface area (Å²) in [5, 5.41) is 22.1. The highest BCUT2D eigenvalue weighted by Gasteiger charge is 2.53. The van der Waals surface area contributed by atoms with Crippen LogP contribution in [0.5, 0.6) is 0 Å². The second-order valence-electron chi connectivity index (χ2n) is 8.77. The van der Waals surface area contributed by atoms with Crippen molar-refractivity contribution in [2.24, 2.45) is 10.9 Å². The maximum absolute atomic E-state index is 13.2. The molecule has 2 fully saturated rings. The van der Waals surface area contributed by atoms with E-state index >= 15 is 0 Å². The number of aromatic nitrogens is 2. The monoisotopic (exact) mass is 571 g/mol. The quantitative estimate of drug-likeness (QED) is 0.0904. The molecule has 0 spiro atoms. The molecule has 1 aliphatic carbocycles. The molecular weight excluding hydrogens is 550 g/mol. The molecule has 2 atom stereocenters. The fraction of sp³-hybridized carbons (Fsp3) is 0.304. The van der Waals surface area contributed by atoms with Crippen LogP contribution in [0.25, 0.3) is 0 Å². The minimum atomic E-state index is -1.51. The third-order valence-corrected chi connectivity index (χ3v) is 8.15. The minimum absolute atomic E-state index is 0.104. The van der Waals surface area contributed by atoms with Crippen molar-refractivity contribution in [3.63, 3.8) is 0 Å². The van der Waals surface area contributed by atoms with Crippen molar-refractivity contribution in [2.45, 2.75) is 36.9 Å². The topological polar surface area (TPSA) is 200 Å². The molecule has 0 bridgehead atoms. The van der Waals surface area contributed by atoms with Crippen LogP contribution in [0, 0.1) is 0 Å². The summed E-state index contributed by atoms with van der Waals surface area (Å²) in [4.78, 5) is 70.9. The Morgan fingerprint density at radius 2 is 2.05 bits per heavy atom. The minimum Gasteiger partial charge on any atom is -0.543 e. The van der Waals surface area contributed by atoms with Gasteiger partial charge in [-0.2, -0.15) is 0 Å². The normalized spacial score (nSPS) is 20.6. The lowest BCUT2D eigenvalue weighted by atomic mass is 10.0. The van der Waals surface area contributed by atoms with Gasteiger partial charge in [-0.15, -0.1) is 23.1 Å². The van der Waals surface area contributed by atoms with Crippen molar-refractivity contribution >= 4 is 64.0 Å². The molecule has 2 aromatic heterocycles. The van der Waals surface area contributed by atoms with Gasteiger partial charge in [-0.1, -0.05) is 5.16 Å². The van der Waals surface area contributed by atoms with E-state index in [0.29, 0.717) is 17.5 Å². The van der Waals surface area contributed by atoms with Gasteiger partial charge < -0.3 is 31.1 Å². The number of β-lactam (4-membered cyclic amide) rings is 1. The number of fused-ring (bicyclic) bond motifs is 1. The lowest BCUT2D eigenvalue weighted by Crippen LogP contribution is -2.71. The molecule has 3 aliphatic rings. The van der Waals surface area contributed by atoms with Crippen LogP contribution >= 0.6 is 23.1 Å². The number of pyridine rings is 1. The van der Waals surface area contributed by atoms with Crippen LogP contribution in [0.1, 0.15) is 28.9 Å². The number of carbonyl (C=O) groups excluding carboxylic acids is 5. The lowest BCUT2D eigenvalue weighted by molar-refractivity contribution is -0.689. The predicted molar refractivity (Wildman–Crippen MR) is 135 cm³/mol. The number of thioether (sulfide) groups is 1. The zero-order valence-electron chi connectivity index (χ0n) is 20.1. The Kier molecular flexibility index (Phi) is 7.30. The van der Waals surface area contributed by atoms with E-state index in [9.17, 15) is 29.1 Å². The van der Waals surface area contributed by atoms with E-state index in [1.54, 1.807) is 17.0 Å². The first-order chi connectivity index (χ1) is 18.8. The number of primary amides is 1. The summed E-state index contributed by atoms with van der Waals surface area (Å²) in [7, 11) is 0. The van der Waals surface area contributed by atoms with E-state index in [1.165, 1.54) is 29.3 Å². The summed E-state index contributed by atoms with van der Waals surface area (Å²) in [5.41, 5.74) is 5.72. The second-order valence-corrected chi connectivity index (χ2v) is 10.7. The zero-order valence-corrected chi connectivity index (χ0v) is 21.7. The van der Waals surface area contributed by atoms with Gasteiger partial charge in [0.05, 0.1) is 17.2 Å². The van der Waals surface area contributed by atoms with Gasteiger partial charge >= 0.3 is 0 Å². The Hall–Kier alpha value is -4.31. The number of carboxylic acids is 1.